The number of benzene rings is 2. The number of alkyl halides is 2. The molecule has 0 aliphatic carbocycles. The summed E-state index contributed by atoms with van der Waals surface area (Å²) in [5.74, 6) is -3.71. The summed E-state index contributed by atoms with van der Waals surface area (Å²) in [6.07, 6.45) is 0.295. The molecular weight excluding hydrogens is 362 g/mol. The Morgan fingerprint density at radius 1 is 1.11 bits per heavy atom. The lowest BCUT2D eigenvalue weighted by Crippen LogP contribution is -2.24. The molecule has 2 N–H and O–H groups in total. The largest absolute Gasteiger partial charge is 0.508 e. The van der Waals surface area contributed by atoms with Crippen LogP contribution >= 0.6 is 0 Å². The van der Waals surface area contributed by atoms with Crippen LogP contribution in [0.1, 0.15) is 34.3 Å². The third kappa shape index (κ3) is 4.52. The first-order valence-corrected chi connectivity index (χ1v) is 8.00. The number of phenolic OH excluding ortho intramolecular Hbond substituents is 2. The number of rotatable bonds is 7. The molecule has 0 saturated carbocycles. The molecule has 1 unspecified atom stereocenters. The van der Waals surface area contributed by atoms with Gasteiger partial charge in [-0.15, -0.1) is 0 Å². The first kappa shape index (κ1) is 20.2. The first-order chi connectivity index (χ1) is 12.8. The number of hydrogen-bond acceptors (Lipinski definition) is 6. The maximum Gasteiger partial charge on any atom is 0.387 e. The lowest BCUT2D eigenvalue weighted by molar-refractivity contribution is -0.141. The standard InChI is InChI=1S/C19H18F2O6/c1-3-13-14(8-11(22)9-15(13)23)16(18(25)26-2)17(24)10-4-6-12(7-5-10)27-19(20)21/h4-9,16,19,22-23H,3H2,1-2H3. The number of halogens is 2. The second kappa shape index (κ2) is 8.48. The predicted molar refractivity (Wildman–Crippen MR) is 91.3 cm³/mol. The molecular formula is C19H18F2O6. The van der Waals surface area contributed by atoms with E-state index in [9.17, 15) is 28.6 Å². The van der Waals surface area contributed by atoms with Crippen molar-refractivity contribution >= 4 is 11.8 Å². The number of carbonyl (C=O) groups is 2. The minimum absolute atomic E-state index is 0.0527. The van der Waals surface area contributed by atoms with Crippen LogP contribution in [0.2, 0.25) is 0 Å². The molecule has 27 heavy (non-hydrogen) atoms. The monoisotopic (exact) mass is 380 g/mol. The number of ketones is 1. The van der Waals surface area contributed by atoms with Crippen LogP contribution in [0.5, 0.6) is 17.2 Å². The van der Waals surface area contributed by atoms with Crippen molar-refractivity contribution < 1.29 is 38.1 Å². The van der Waals surface area contributed by atoms with Crippen molar-refractivity contribution in [2.75, 3.05) is 7.11 Å². The van der Waals surface area contributed by atoms with Gasteiger partial charge < -0.3 is 19.7 Å². The summed E-state index contributed by atoms with van der Waals surface area (Å²) in [5, 5.41) is 19.8. The predicted octanol–water partition coefficient (Wildman–Crippen LogP) is 3.40. The molecule has 0 aliphatic rings. The zero-order valence-electron chi connectivity index (χ0n) is 14.6. The number of aromatic hydroxyl groups is 2. The fraction of sp³-hybridized carbons (Fsp3) is 0.263. The van der Waals surface area contributed by atoms with Crippen LogP contribution in [0.3, 0.4) is 0 Å². The highest BCUT2D eigenvalue weighted by Crippen LogP contribution is 2.35. The molecule has 0 fully saturated rings. The molecule has 0 spiro atoms. The van der Waals surface area contributed by atoms with Crippen molar-refractivity contribution in [3.05, 3.63) is 53.1 Å². The van der Waals surface area contributed by atoms with Gasteiger partial charge in [0.2, 0.25) is 0 Å². The van der Waals surface area contributed by atoms with Gasteiger partial charge in [-0.2, -0.15) is 8.78 Å². The zero-order chi connectivity index (χ0) is 20.1. The molecule has 2 aromatic carbocycles. The van der Waals surface area contributed by atoms with Crippen LogP contribution in [-0.2, 0) is 16.0 Å². The molecule has 0 bridgehead atoms. The smallest absolute Gasteiger partial charge is 0.387 e. The number of esters is 1. The Bertz CT molecular complexity index is 833. The van der Waals surface area contributed by atoms with Gasteiger partial charge >= 0.3 is 12.6 Å². The molecule has 0 radical (unpaired) electrons. The quantitative estimate of drug-likeness (QED) is 0.434. The van der Waals surface area contributed by atoms with Crippen molar-refractivity contribution in [2.45, 2.75) is 25.9 Å². The van der Waals surface area contributed by atoms with E-state index in [4.69, 9.17) is 4.74 Å². The number of methoxy groups -OCH3 is 1. The van der Waals surface area contributed by atoms with E-state index in [1.54, 1.807) is 6.92 Å². The van der Waals surface area contributed by atoms with Crippen LogP contribution in [0.15, 0.2) is 36.4 Å². The van der Waals surface area contributed by atoms with E-state index < -0.39 is 24.3 Å². The number of ether oxygens (including phenoxy) is 2. The SMILES string of the molecule is CCc1c(O)cc(O)cc1C(C(=O)OC)C(=O)c1ccc(OC(F)F)cc1. The Kier molecular flexibility index (Phi) is 6.33. The molecule has 0 heterocycles. The molecule has 6 nitrogen and oxygen atoms in total. The summed E-state index contributed by atoms with van der Waals surface area (Å²) in [6.45, 7) is -1.29. The van der Waals surface area contributed by atoms with E-state index in [-0.39, 0.29) is 28.4 Å². The highest BCUT2D eigenvalue weighted by molar-refractivity contribution is 6.13. The average molecular weight is 380 g/mol. The molecule has 1 atom stereocenters. The second-order valence-corrected chi connectivity index (χ2v) is 5.61. The summed E-state index contributed by atoms with van der Waals surface area (Å²) in [4.78, 5) is 25.2. The summed E-state index contributed by atoms with van der Waals surface area (Å²) in [5.41, 5.74) is 0.478. The van der Waals surface area contributed by atoms with Crippen LogP contribution in [0.4, 0.5) is 8.78 Å². The molecule has 0 aliphatic heterocycles. The van der Waals surface area contributed by atoms with Crippen LogP contribution in [0.25, 0.3) is 0 Å². The topological polar surface area (TPSA) is 93.1 Å². The number of phenols is 2. The fourth-order valence-electron chi connectivity index (χ4n) is 2.77. The fourth-order valence-corrected chi connectivity index (χ4v) is 2.77. The minimum Gasteiger partial charge on any atom is -0.508 e. The third-order valence-corrected chi connectivity index (χ3v) is 3.97. The molecule has 8 heteroatoms. The van der Waals surface area contributed by atoms with Gasteiger partial charge in [0.1, 0.15) is 23.2 Å². The Balaban J connectivity index is 2.49. The van der Waals surface area contributed by atoms with Gasteiger partial charge in [-0.3, -0.25) is 9.59 Å². The van der Waals surface area contributed by atoms with Crippen molar-refractivity contribution in [1.82, 2.24) is 0 Å². The zero-order valence-corrected chi connectivity index (χ0v) is 14.6. The lowest BCUT2D eigenvalue weighted by atomic mass is 9.86. The maximum atomic E-state index is 12.9. The van der Waals surface area contributed by atoms with Gasteiger partial charge in [0.05, 0.1) is 7.11 Å². The van der Waals surface area contributed by atoms with Crippen molar-refractivity contribution in [3.8, 4) is 17.2 Å². The highest BCUT2D eigenvalue weighted by atomic mass is 19.3. The van der Waals surface area contributed by atoms with Gasteiger partial charge in [-0.1, -0.05) is 6.92 Å². The normalized spacial score (nSPS) is 11.9. The van der Waals surface area contributed by atoms with E-state index >= 15 is 0 Å². The number of Topliss-reactive ketones (excluding diaryl/α,β-unsaturated/α-hetero) is 1. The van der Waals surface area contributed by atoms with Gasteiger partial charge in [-0.25, -0.2) is 0 Å². The third-order valence-electron chi connectivity index (χ3n) is 3.97. The first-order valence-electron chi connectivity index (χ1n) is 8.00. The van der Waals surface area contributed by atoms with E-state index in [1.807, 2.05) is 0 Å². The molecule has 0 amide bonds. The van der Waals surface area contributed by atoms with Gasteiger partial charge in [0.25, 0.3) is 0 Å². The Labute approximate surface area is 154 Å². The summed E-state index contributed by atoms with van der Waals surface area (Å²) in [7, 11) is 1.11. The highest BCUT2D eigenvalue weighted by Gasteiger charge is 2.33. The van der Waals surface area contributed by atoms with Crippen molar-refractivity contribution in [2.24, 2.45) is 0 Å². The second-order valence-electron chi connectivity index (χ2n) is 5.61. The molecule has 2 rings (SSSR count). The summed E-state index contributed by atoms with van der Waals surface area (Å²) >= 11 is 0. The van der Waals surface area contributed by atoms with E-state index in [0.29, 0.717) is 12.0 Å². The summed E-state index contributed by atoms with van der Waals surface area (Å²) < 4.78 is 33.4. The van der Waals surface area contributed by atoms with Gasteiger partial charge in [-0.05, 0) is 47.9 Å². The van der Waals surface area contributed by atoms with Crippen molar-refractivity contribution in [3.63, 3.8) is 0 Å². The van der Waals surface area contributed by atoms with E-state index in [2.05, 4.69) is 4.74 Å². The van der Waals surface area contributed by atoms with Crippen LogP contribution < -0.4 is 4.74 Å². The van der Waals surface area contributed by atoms with Gasteiger partial charge in [0.15, 0.2) is 5.78 Å². The Hall–Kier alpha value is -3.16. The molecule has 0 aromatic heterocycles. The maximum absolute atomic E-state index is 12.9. The lowest BCUT2D eigenvalue weighted by Gasteiger charge is -2.19. The number of hydrogen-bond donors (Lipinski definition) is 2. The Morgan fingerprint density at radius 3 is 2.26 bits per heavy atom. The van der Waals surface area contributed by atoms with Crippen LogP contribution in [-0.4, -0.2) is 35.7 Å². The summed E-state index contributed by atoms with van der Waals surface area (Å²) in [6, 6.07) is 7.15. The molecule has 144 valence electrons. The van der Waals surface area contributed by atoms with Gasteiger partial charge in [0, 0.05) is 11.6 Å². The van der Waals surface area contributed by atoms with E-state index in [0.717, 1.165) is 13.2 Å². The van der Waals surface area contributed by atoms with Crippen LogP contribution in [0, 0.1) is 0 Å². The van der Waals surface area contributed by atoms with Crippen molar-refractivity contribution in [1.29, 1.82) is 0 Å². The minimum atomic E-state index is -3.00. The number of carbonyl (C=O) groups excluding carboxylic acids is 2. The Morgan fingerprint density at radius 2 is 1.74 bits per heavy atom. The molecule has 2 aromatic rings. The van der Waals surface area contributed by atoms with E-state index in [1.165, 1.54) is 30.3 Å². The average Bonchev–Trinajstić information content (AvgIpc) is 2.61. The molecule has 0 saturated heterocycles.